The lowest BCUT2D eigenvalue weighted by Gasteiger charge is -2.47. The monoisotopic (exact) mass is 277 g/mol. The maximum absolute atomic E-state index is 12.1. The highest BCUT2D eigenvalue weighted by atomic mass is 16.7. The molecule has 108 valence electrons. The number of carbonyl (C=O) groups is 2. The Morgan fingerprint density at radius 2 is 1.85 bits per heavy atom. The smallest absolute Gasteiger partial charge is 0.236 e. The van der Waals surface area contributed by atoms with Gasteiger partial charge in [-0.1, -0.05) is 30.3 Å². The van der Waals surface area contributed by atoms with Crippen LogP contribution in [0.25, 0.3) is 0 Å². The van der Waals surface area contributed by atoms with E-state index in [1.807, 2.05) is 30.3 Å². The molecule has 1 fully saturated rings. The summed E-state index contributed by atoms with van der Waals surface area (Å²) in [4.78, 5) is 25.5. The van der Waals surface area contributed by atoms with Crippen molar-refractivity contribution in [2.75, 3.05) is 20.8 Å². The molecule has 0 N–H and O–H groups in total. The van der Waals surface area contributed by atoms with Crippen molar-refractivity contribution < 1.29 is 19.1 Å². The number of ketones is 1. The summed E-state index contributed by atoms with van der Waals surface area (Å²) in [5.41, 5.74) is 0.957. The van der Waals surface area contributed by atoms with Crippen LogP contribution in [0.2, 0.25) is 0 Å². The number of hydrogen-bond donors (Lipinski definition) is 0. The van der Waals surface area contributed by atoms with Crippen LogP contribution in [0.5, 0.6) is 0 Å². The van der Waals surface area contributed by atoms with Crippen molar-refractivity contribution >= 4 is 11.7 Å². The molecule has 0 spiro atoms. The topological polar surface area (TPSA) is 55.8 Å². The fourth-order valence-corrected chi connectivity index (χ4v) is 2.58. The Morgan fingerprint density at radius 1 is 1.25 bits per heavy atom. The molecule has 1 aromatic rings. The van der Waals surface area contributed by atoms with Gasteiger partial charge in [0.15, 0.2) is 6.29 Å². The molecule has 1 saturated heterocycles. The minimum atomic E-state index is -0.591. The van der Waals surface area contributed by atoms with Crippen molar-refractivity contribution in [3.63, 3.8) is 0 Å². The number of benzene rings is 1. The van der Waals surface area contributed by atoms with Crippen LogP contribution in [-0.4, -0.2) is 43.6 Å². The van der Waals surface area contributed by atoms with Gasteiger partial charge in [-0.3, -0.25) is 9.59 Å². The Hall–Kier alpha value is -1.72. The van der Waals surface area contributed by atoms with Crippen LogP contribution in [0, 0.1) is 5.92 Å². The predicted molar refractivity (Wildman–Crippen MR) is 72.9 cm³/mol. The largest absolute Gasteiger partial charge is 0.354 e. The Balaban J connectivity index is 2.22. The van der Waals surface area contributed by atoms with E-state index in [1.54, 1.807) is 4.90 Å². The van der Waals surface area contributed by atoms with Crippen molar-refractivity contribution in [1.29, 1.82) is 0 Å². The Kier molecular flexibility index (Phi) is 4.52. The molecular formula is C15H19NO4. The van der Waals surface area contributed by atoms with E-state index in [2.05, 4.69) is 0 Å². The number of hydrogen-bond acceptors (Lipinski definition) is 4. The number of ether oxygens (including phenoxy) is 2. The van der Waals surface area contributed by atoms with E-state index < -0.39 is 12.2 Å². The molecule has 5 heteroatoms. The maximum Gasteiger partial charge on any atom is 0.236 e. The van der Waals surface area contributed by atoms with Gasteiger partial charge in [0.2, 0.25) is 5.91 Å². The van der Waals surface area contributed by atoms with Crippen LogP contribution in [-0.2, 0) is 19.1 Å². The first-order valence-electron chi connectivity index (χ1n) is 6.51. The fraction of sp³-hybridized carbons (Fsp3) is 0.467. The van der Waals surface area contributed by atoms with E-state index in [-0.39, 0.29) is 17.7 Å². The van der Waals surface area contributed by atoms with Crippen molar-refractivity contribution in [3.05, 3.63) is 35.9 Å². The summed E-state index contributed by atoms with van der Waals surface area (Å²) in [5, 5.41) is 0. The second-order valence-corrected chi connectivity index (χ2v) is 4.84. The third kappa shape index (κ3) is 2.59. The molecule has 2 rings (SSSR count). The van der Waals surface area contributed by atoms with Gasteiger partial charge in [0.25, 0.3) is 0 Å². The van der Waals surface area contributed by atoms with Crippen molar-refractivity contribution in [2.45, 2.75) is 19.3 Å². The van der Waals surface area contributed by atoms with E-state index in [4.69, 9.17) is 9.47 Å². The highest BCUT2D eigenvalue weighted by molar-refractivity contribution is 6.05. The summed E-state index contributed by atoms with van der Waals surface area (Å²) >= 11 is 0. The number of carbonyl (C=O) groups excluding carboxylic acids is 2. The molecule has 1 aliphatic heterocycles. The molecule has 1 amide bonds. The summed E-state index contributed by atoms with van der Waals surface area (Å²) in [6, 6.07) is 9.33. The zero-order chi connectivity index (χ0) is 14.7. The average molecular weight is 277 g/mol. The summed E-state index contributed by atoms with van der Waals surface area (Å²) < 4.78 is 10.3. The highest BCUT2D eigenvalue weighted by Gasteiger charge is 2.51. The van der Waals surface area contributed by atoms with Gasteiger partial charge in [-0.05, 0) is 12.5 Å². The molecule has 0 radical (unpaired) electrons. The van der Waals surface area contributed by atoms with Crippen LogP contribution in [0.15, 0.2) is 30.3 Å². The zero-order valence-corrected chi connectivity index (χ0v) is 11.9. The number of nitrogens with zero attached hydrogens (tertiary/aromatic N) is 1. The van der Waals surface area contributed by atoms with Gasteiger partial charge >= 0.3 is 0 Å². The van der Waals surface area contributed by atoms with Crippen molar-refractivity contribution in [2.24, 2.45) is 5.92 Å². The number of β-lactam (4-membered cyclic amide) rings is 1. The Bertz CT molecular complexity index is 484. The molecule has 1 aliphatic rings. The van der Waals surface area contributed by atoms with E-state index in [0.29, 0.717) is 6.54 Å². The molecule has 0 saturated carbocycles. The summed E-state index contributed by atoms with van der Waals surface area (Å²) in [6.07, 6.45) is -0.488. The van der Waals surface area contributed by atoms with E-state index in [9.17, 15) is 9.59 Å². The van der Waals surface area contributed by atoms with Gasteiger partial charge in [-0.15, -0.1) is 0 Å². The molecule has 0 aliphatic carbocycles. The Labute approximate surface area is 118 Å². The second kappa shape index (κ2) is 6.15. The third-order valence-electron chi connectivity index (χ3n) is 3.65. The van der Waals surface area contributed by atoms with Gasteiger partial charge in [0.1, 0.15) is 11.7 Å². The van der Waals surface area contributed by atoms with Gasteiger partial charge < -0.3 is 14.4 Å². The standard InChI is InChI=1S/C15H19NO4/c1-10(17)13-14(11-7-5-4-6-8-11)16(15(13)18)9-12(19-2)20-3/h4-8,12-14H,9H2,1-3H3/t13-,14-/m0/s1. The Morgan fingerprint density at radius 3 is 2.35 bits per heavy atom. The number of Topliss-reactive ketones (excluding diaryl/α,β-unsaturated/α-hetero) is 1. The molecule has 1 aromatic carbocycles. The van der Waals surface area contributed by atoms with Gasteiger partial charge in [-0.2, -0.15) is 0 Å². The maximum atomic E-state index is 12.1. The van der Waals surface area contributed by atoms with E-state index in [0.717, 1.165) is 5.56 Å². The lowest BCUT2D eigenvalue weighted by molar-refractivity contribution is -0.176. The molecule has 0 unspecified atom stereocenters. The lowest BCUT2D eigenvalue weighted by Crippen LogP contribution is -2.59. The van der Waals surface area contributed by atoms with Crippen LogP contribution >= 0.6 is 0 Å². The number of methoxy groups -OCH3 is 2. The summed E-state index contributed by atoms with van der Waals surface area (Å²) in [7, 11) is 3.05. The average Bonchev–Trinajstić information content (AvgIpc) is 2.45. The number of amides is 1. The summed E-state index contributed by atoms with van der Waals surface area (Å²) in [5.74, 6) is -0.858. The number of rotatable bonds is 6. The normalized spacial score (nSPS) is 22.0. The second-order valence-electron chi connectivity index (χ2n) is 4.84. The quantitative estimate of drug-likeness (QED) is 0.448. The first-order valence-corrected chi connectivity index (χ1v) is 6.51. The molecule has 20 heavy (non-hydrogen) atoms. The highest BCUT2D eigenvalue weighted by Crippen LogP contribution is 2.40. The molecule has 0 aromatic heterocycles. The van der Waals surface area contributed by atoms with Crippen LogP contribution in [0.4, 0.5) is 0 Å². The van der Waals surface area contributed by atoms with Gasteiger partial charge in [0.05, 0.1) is 12.6 Å². The zero-order valence-electron chi connectivity index (χ0n) is 11.9. The molecular weight excluding hydrogens is 258 g/mol. The van der Waals surface area contributed by atoms with E-state index >= 15 is 0 Å². The van der Waals surface area contributed by atoms with Gasteiger partial charge in [-0.25, -0.2) is 0 Å². The minimum Gasteiger partial charge on any atom is -0.354 e. The van der Waals surface area contributed by atoms with Crippen molar-refractivity contribution in [1.82, 2.24) is 4.90 Å². The third-order valence-corrected chi connectivity index (χ3v) is 3.65. The fourth-order valence-electron chi connectivity index (χ4n) is 2.58. The first kappa shape index (κ1) is 14.7. The predicted octanol–water partition coefficient (Wildman–Crippen LogP) is 1.39. The van der Waals surface area contributed by atoms with Crippen molar-refractivity contribution in [3.8, 4) is 0 Å². The summed E-state index contributed by atoms with van der Waals surface area (Å²) in [6.45, 7) is 1.77. The minimum absolute atomic E-state index is 0.105. The van der Waals surface area contributed by atoms with Crippen LogP contribution in [0.1, 0.15) is 18.5 Å². The SMILES string of the molecule is COC(CN1C(=O)[C@@H](C(C)=O)[C@@H]1c1ccccc1)OC. The van der Waals surface area contributed by atoms with Crippen LogP contribution in [0.3, 0.4) is 0 Å². The van der Waals surface area contributed by atoms with E-state index in [1.165, 1.54) is 21.1 Å². The lowest BCUT2D eigenvalue weighted by atomic mass is 9.80. The van der Waals surface area contributed by atoms with Crippen LogP contribution < -0.4 is 0 Å². The first-order chi connectivity index (χ1) is 9.60. The van der Waals surface area contributed by atoms with Gasteiger partial charge in [0, 0.05) is 14.2 Å². The molecule has 5 nitrogen and oxygen atoms in total. The number of likely N-dealkylation sites (tertiary alicyclic amines) is 1. The molecule has 1 heterocycles. The molecule has 2 atom stereocenters. The molecule has 0 bridgehead atoms.